The van der Waals surface area contributed by atoms with Crippen LogP contribution in [0.3, 0.4) is 0 Å². The van der Waals surface area contributed by atoms with Gasteiger partial charge in [-0.05, 0) is 12.1 Å². The van der Waals surface area contributed by atoms with Crippen molar-refractivity contribution in [2.24, 2.45) is 5.73 Å². The summed E-state index contributed by atoms with van der Waals surface area (Å²) in [5.74, 6) is 6.35. The van der Waals surface area contributed by atoms with Crippen molar-refractivity contribution in [3.8, 4) is 23.3 Å². The van der Waals surface area contributed by atoms with Crippen molar-refractivity contribution in [3.63, 3.8) is 0 Å². The van der Waals surface area contributed by atoms with E-state index in [0.29, 0.717) is 17.9 Å². The number of aromatic nitrogens is 1. The molecule has 2 heterocycles. The minimum absolute atomic E-state index is 0.172. The molecule has 4 nitrogen and oxygen atoms in total. The summed E-state index contributed by atoms with van der Waals surface area (Å²) in [6.07, 6.45) is 3.21. The summed E-state index contributed by atoms with van der Waals surface area (Å²) in [6, 6.07) is 8.21. The van der Waals surface area contributed by atoms with Crippen molar-refractivity contribution in [1.82, 2.24) is 9.88 Å². The van der Waals surface area contributed by atoms with E-state index in [1.54, 1.807) is 36.7 Å². The van der Waals surface area contributed by atoms with E-state index in [1.165, 1.54) is 6.07 Å². The third-order valence-corrected chi connectivity index (χ3v) is 3.35. The Morgan fingerprint density at radius 3 is 2.86 bits per heavy atom. The molecule has 1 aromatic heterocycles. The lowest BCUT2D eigenvalue weighted by Gasteiger charge is -2.35. The smallest absolute Gasteiger partial charge is 0.165 e. The number of nitrogens with two attached hydrogens (primary N) is 1. The van der Waals surface area contributed by atoms with Gasteiger partial charge in [-0.15, -0.1) is 0 Å². The number of likely N-dealkylation sites (tertiary alicyclic amines) is 1. The molecule has 1 aliphatic heterocycles. The molecule has 0 saturated carbocycles. The largest absolute Gasteiger partial charge is 0.453 e. The molecule has 1 aliphatic rings. The molecule has 0 atom stereocenters. The van der Waals surface area contributed by atoms with Gasteiger partial charge in [0.2, 0.25) is 0 Å². The SMILES string of the molecule is NC1CN(CC#Cc2cnccc2Oc2ccccc2F)C1. The molecule has 112 valence electrons. The van der Waals surface area contributed by atoms with E-state index in [2.05, 4.69) is 21.7 Å². The summed E-state index contributed by atoms with van der Waals surface area (Å²) in [6.45, 7) is 2.41. The molecule has 22 heavy (non-hydrogen) atoms. The van der Waals surface area contributed by atoms with Crippen molar-refractivity contribution in [1.29, 1.82) is 0 Å². The number of ether oxygens (including phenoxy) is 1. The fourth-order valence-electron chi connectivity index (χ4n) is 2.20. The van der Waals surface area contributed by atoms with Crippen LogP contribution in [-0.2, 0) is 0 Å². The van der Waals surface area contributed by atoms with Crippen molar-refractivity contribution < 1.29 is 9.13 Å². The number of halogens is 1. The van der Waals surface area contributed by atoms with Gasteiger partial charge in [-0.1, -0.05) is 24.0 Å². The number of hydrogen-bond donors (Lipinski definition) is 1. The molecule has 3 rings (SSSR count). The van der Waals surface area contributed by atoms with Crippen molar-refractivity contribution in [2.45, 2.75) is 6.04 Å². The second-order valence-electron chi connectivity index (χ2n) is 5.16. The van der Waals surface area contributed by atoms with Gasteiger partial charge in [0.25, 0.3) is 0 Å². The summed E-state index contributed by atoms with van der Waals surface area (Å²) in [5.41, 5.74) is 6.36. The number of hydrogen-bond acceptors (Lipinski definition) is 4. The van der Waals surface area contributed by atoms with Crippen molar-refractivity contribution in [2.75, 3.05) is 19.6 Å². The normalized spacial score (nSPS) is 14.8. The highest BCUT2D eigenvalue weighted by molar-refractivity contribution is 5.46. The summed E-state index contributed by atoms with van der Waals surface area (Å²) >= 11 is 0. The van der Waals surface area contributed by atoms with Crippen LogP contribution in [0.4, 0.5) is 4.39 Å². The first-order valence-corrected chi connectivity index (χ1v) is 7.05. The van der Waals surface area contributed by atoms with Crippen LogP contribution in [0.15, 0.2) is 42.7 Å². The molecular weight excluding hydrogens is 281 g/mol. The predicted octanol–water partition coefficient (Wildman–Crippen LogP) is 2.01. The van der Waals surface area contributed by atoms with Gasteiger partial charge in [0.1, 0.15) is 5.75 Å². The van der Waals surface area contributed by atoms with E-state index in [0.717, 1.165) is 13.1 Å². The van der Waals surface area contributed by atoms with Gasteiger partial charge in [0.15, 0.2) is 11.6 Å². The Morgan fingerprint density at radius 1 is 1.27 bits per heavy atom. The quantitative estimate of drug-likeness (QED) is 0.881. The topological polar surface area (TPSA) is 51.4 Å². The molecule has 0 radical (unpaired) electrons. The standard InChI is InChI=1S/C17H16FN3O/c18-15-5-1-2-6-17(15)22-16-7-8-20-10-13(16)4-3-9-21-11-14(19)12-21/h1-2,5-8,10,14H,9,11-12,19H2. The van der Waals surface area contributed by atoms with Gasteiger partial charge in [-0.3, -0.25) is 9.88 Å². The second kappa shape index (κ2) is 6.56. The molecule has 0 aliphatic carbocycles. The monoisotopic (exact) mass is 297 g/mol. The highest BCUT2D eigenvalue weighted by Crippen LogP contribution is 2.26. The van der Waals surface area contributed by atoms with Crippen LogP contribution in [0.1, 0.15) is 5.56 Å². The maximum Gasteiger partial charge on any atom is 0.165 e. The third-order valence-electron chi connectivity index (χ3n) is 3.35. The minimum atomic E-state index is -0.409. The lowest BCUT2D eigenvalue weighted by Crippen LogP contribution is -2.55. The van der Waals surface area contributed by atoms with E-state index < -0.39 is 5.82 Å². The van der Waals surface area contributed by atoms with Crippen LogP contribution in [0.25, 0.3) is 0 Å². The number of rotatable bonds is 3. The van der Waals surface area contributed by atoms with Gasteiger partial charge in [0.05, 0.1) is 12.1 Å². The van der Waals surface area contributed by atoms with Gasteiger partial charge >= 0.3 is 0 Å². The maximum absolute atomic E-state index is 13.7. The Hall–Kier alpha value is -2.42. The molecule has 1 saturated heterocycles. The molecule has 0 bridgehead atoms. The molecular formula is C17H16FN3O. The Kier molecular flexibility index (Phi) is 4.33. The zero-order valence-electron chi connectivity index (χ0n) is 12.0. The highest BCUT2D eigenvalue weighted by Gasteiger charge is 2.21. The molecule has 1 fully saturated rings. The Labute approximate surface area is 128 Å². The first kappa shape index (κ1) is 14.5. The molecule has 1 aromatic carbocycles. The van der Waals surface area contributed by atoms with Gasteiger partial charge in [0, 0.05) is 37.6 Å². The predicted molar refractivity (Wildman–Crippen MR) is 82.0 cm³/mol. The molecule has 2 aromatic rings. The van der Waals surface area contributed by atoms with Gasteiger partial charge in [-0.2, -0.15) is 0 Å². The second-order valence-corrected chi connectivity index (χ2v) is 5.16. The van der Waals surface area contributed by atoms with Crippen molar-refractivity contribution >= 4 is 0 Å². The molecule has 0 amide bonds. The van der Waals surface area contributed by atoms with Crippen LogP contribution < -0.4 is 10.5 Å². The summed E-state index contributed by atoms with van der Waals surface area (Å²) < 4.78 is 19.3. The molecule has 0 spiro atoms. The number of para-hydroxylation sites is 1. The summed E-state index contributed by atoms with van der Waals surface area (Å²) in [4.78, 5) is 6.20. The fourth-order valence-corrected chi connectivity index (χ4v) is 2.20. The lowest BCUT2D eigenvalue weighted by atomic mass is 10.1. The number of pyridine rings is 1. The minimum Gasteiger partial charge on any atom is -0.453 e. The maximum atomic E-state index is 13.7. The van der Waals surface area contributed by atoms with Crippen LogP contribution >= 0.6 is 0 Å². The number of nitrogens with zero attached hydrogens (tertiary/aromatic N) is 2. The van der Waals surface area contributed by atoms with E-state index in [4.69, 9.17) is 10.5 Å². The first-order valence-electron chi connectivity index (χ1n) is 7.05. The average Bonchev–Trinajstić information content (AvgIpc) is 2.49. The van der Waals surface area contributed by atoms with E-state index in [9.17, 15) is 4.39 Å². The fraction of sp³-hybridized carbons (Fsp3) is 0.235. The molecule has 2 N–H and O–H groups in total. The van der Waals surface area contributed by atoms with Gasteiger partial charge < -0.3 is 10.5 Å². The van der Waals surface area contributed by atoms with Crippen LogP contribution in [0.2, 0.25) is 0 Å². The van der Waals surface area contributed by atoms with Crippen LogP contribution in [-0.4, -0.2) is 35.6 Å². The molecule has 0 unspecified atom stereocenters. The Bertz CT molecular complexity index is 717. The average molecular weight is 297 g/mol. The molecule has 5 heteroatoms. The van der Waals surface area contributed by atoms with Crippen molar-refractivity contribution in [3.05, 3.63) is 54.1 Å². The van der Waals surface area contributed by atoms with Crippen LogP contribution in [0, 0.1) is 17.7 Å². The summed E-state index contributed by atoms with van der Waals surface area (Å²) in [5, 5.41) is 0. The van der Waals surface area contributed by atoms with Crippen LogP contribution in [0.5, 0.6) is 11.5 Å². The van der Waals surface area contributed by atoms with E-state index in [-0.39, 0.29) is 11.8 Å². The van der Waals surface area contributed by atoms with E-state index in [1.807, 2.05) is 0 Å². The third kappa shape index (κ3) is 3.42. The zero-order valence-corrected chi connectivity index (χ0v) is 12.0. The highest BCUT2D eigenvalue weighted by atomic mass is 19.1. The van der Waals surface area contributed by atoms with E-state index >= 15 is 0 Å². The Balaban J connectivity index is 1.73. The Morgan fingerprint density at radius 2 is 2.09 bits per heavy atom. The van der Waals surface area contributed by atoms with Gasteiger partial charge in [-0.25, -0.2) is 4.39 Å². The first-order chi connectivity index (χ1) is 10.7. The lowest BCUT2D eigenvalue weighted by molar-refractivity contribution is 0.172. The number of benzene rings is 1. The zero-order chi connectivity index (χ0) is 15.4. The summed E-state index contributed by atoms with van der Waals surface area (Å²) in [7, 11) is 0.